The number of hydrogen-bond donors (Lipinski definition) is 1. The van der Waals surface area contributed by atoms with Gasteiger partial charge < -0.3 is 9.47 Å². The maximum absolute atomic E-state index is 12.5. The third-order valence-corrected chi connectivity index (χ3v) is 7.92. The van der Waals surface area contributed by atoms with Crippen LogP contribution < -0.4 is 9.46 Å². The molecule has 1 unspecified atom stereocenters. The summed E-state index contributed by atoms with van der Waals surface area (Å²) in [5.74, 6) is 0.920. The molecule has 0 saturated carbocycles. The Morgan fingerprint density at radius 1 is 1.06 bits per heavy atom. The largest absolute Gasteiger partial charge is 0.489 e. The highest BCUT2D eigenvalue weighted by Gasteiger charge is 2.26. The maximum atomic E-state index is 12.5. The monoisotopic (exact) mass is 469 g/mol. The van der Waals surface area contributed by atoms with Crippen LogP contribution in [0.2, 0.25) is 0 Å². The van der Waals surface area contributed by atoms with Crippen molar-refractivity contribution in [3.05, 3.63) is 95.1 Å². The standard InChI is InChI=1S/C24H23NO5S2/c1-29-24(26)17-11-12-18-16-30-22-10-6-5-9-20(22)23(21(18)15-17)31-14-13-25-32(27,28)19-7-3-2-4-8-19/h2-12,15,23,25H,13-14,16H2,1H3. The van der Waals surface area contributed by atoms with Crippen molar-refractivity contribution >= 4 is 27.8 Å². The number of esters is 1. The summed E-state index contributed by atoms with van der Waals surface area (Å²) < 4.78 is 38.6. The Morgan fingerprint density at radius 3 is 2.59 bits per heavy atom. The molecule has 0 aliphatic carbocycles. The summed E-state index contributed by atoms with van der Waals surface area (Å²) in [6.45, 7) is 0.666. The molecule has 0 amide bonds. The molecule has 1 aliphatic rings. The third kappa shape index (κ3) is 4.82. The average molecular weight is 470 g/mol. The smallest absolute Gasteiger partial charge is 0.337 e. The van der Waals surface area contributed by atoms with Crippen LogP contribution >= 0.6 is 11.8 Å². The van der Waals surface area contributed by atoms with Crippen LogP contribution in [0.15, 0.2) is 77.7 Å². The van der Waals surface area contributed by atoms with Crippen molar-refractivity contribution in [1.29, 1.82) is 0 Å². The Bertz CT molecular complexity index is 1210. The zero-order chi connectivity index (χ0) is 22.6. The van der Waals surface area contributed by atoms with Crippen molar-refractivity contribution in [2.24, 2.45) is 0 Å². The molecule has 166 valence electrons. The second kappa shape index (κ2) is 9.77. The highest BCUT2D eigenvalue weighted by Crippen LogP contribution is 2.44. The number of para-hydroxylation sites is 1. The van der Waals surface area contributed by atoms with E-state index in [0.29, 0.717) is 17.9 Å². The Kier molecular flexibility index (Phi) is 6.83. The molecular weight excluding hydrogens is 446 g/mol. The van der Waals surface area contributed by atoms with Gasteiger partial charge in [-0.15, -0.1) is 11.8 Å². The number of hydrogen-bond acceptors (Lipinski definition) is 6. The molecule has 4 rings (SSSR count). The molecule has 1 N–H and O–H groups in total. The van der Waals surface area contributed by atoms with Crippen LogP contribution in [-0.2, 0) is 21.4 Å². The fraction of sp³-hybridized carbons (Fsp3) is 0.208. The van der Waals surface area contributed by atoms with Gasteiger partial charge in [0, 0.05) is 17.9 Å². The third-order valence-electron chi connectivity index (χ3n) is 5.17. The molecule has 6 nitrogen and oxygen atoms in total. The van der Waals surface area contributed by atoms with Gasteiger partial charge in [-0.2, -0.15) is 0 Å². The number of ether oxygens (including phenoxy) is 2. The molecule has 0 saturated heterocycles. The van der Waals surface area contributed by atoms with E-state index in [4.69, 9.17) is 9.47 Å². The van der Waals surface area contributed by atoms with Crippen LogP contribution in [0.4, 0.5) is 0 Å². The summed E-state index contributed by atoms with van der Waals surface area (Å²) in [4.78, 5) is 12.3. The first-order valence-corrected chi connectivity index (χ1v) is 12.6. The Hall–Kier alpha value is -2.81. The van der Waals surface area contributed by atoms with Crippen LogP contribution in [0.1, 0.15) is 32.3 Å². The highest BCUT2D eigenvalue weighted by atomic mass is 32.2. The first-order chi connectivity index (χ1) is 15.5. The van der Waals surface area contributed by atoms with Gasteiger partial charge in [0.15, 0.2) is 0 Å². The molecule has 0 radical (unpaired) electrons. The van der Waals surface area contributed by atoms with E-state index < -0.39 is 16.0 Å². The lowest BCUT2D eigenvalue weighted by Gasteiger charge is -2.19. The lowest BCUT2D eigenvalue weighted by molar-refractivity contribution is 0.0600. The van der Waals surface area contributed by atoms with Crippen LogP contribution in [0.5, 0.6) is 5.75 Å². The second-order valence-corrected chi connectivity index (χ2v) is 10.2. The van der Waals surface area contributed by atoms with Gasteiger partial charge in [0.25, 0.3) is 0 Å². The summed E-state index contributed by atoms with van der Waals surface area (Å²) in [5.41, 5.74) is 3.41. The number of fused-ring (bicyclic) bond motifs is 2. The van der Waals surface area contributed by atoms with Gasteiger partial charge in [-0.05, 0) is 41.5 Å². The molecule has 0 aromatic heterocycles. The normalized spacial score (nSPS) is 15.1. The van der Waals surface area contributed by atoms with E-state index in [1.807, 2.05) is 36.4 Å². The predicted molar refractivity (Wildman–Crippen MR) is 124 cm³/mol. The first-order valence-electron chi connectivity index (χ1n) is 10.1. The average Bonchev–Trinajstić information content (AvgIpc) is 2.98. The number of methoxy groups -OCH3 is 1. The number of nitrogens with one attached hydrogen (secondary N) is 1. The van der Waals surface area contributed by atoms with Crippen LogP contribution in [0.3, 0.4) is 0 Å². The summed E-state index contributed by atoms with van der Waals surface area (Å²) >= 11 is 1.60. The SMILES string of the molecule is COC(=O)c1ccc2c(c1)C(SCCNS(=O)(=O)c1ccccc1)c1ccccc1OC2. The number of rotatable bonds is 7. The number of sulfonamides is 1. The molecule has 32 heavy (non-hydrogen) atoms. The number of thioether (sulfide) groups is 1. The van der Waals surface area contributed by atoms with Crippen molar-refractivity contribution in [3.63, 3.8) is 0 Å². The van der Waals surface area contributed by atoms with Crippen LogP contribution in [-0.4, -0.2) is 33.8 Å². The lowest BCUT2D eigenvalue weighted by Crippen LogP contribution is -2.26. The van der Waals surface area contributed by atoms with Gasteiger partial charge in [0.2, 0.25) is 10.0 Å². The topological polar surface area (TPSA) is 81.7 Å². The zero-order valence-electron chi connectivity index (χ0n) is 17.5. The van der Waals surface area contributed by atoms with E-state index in [0.717, 1.165) is 22.4 Å². The van der Waals surface area contributed by atoms with E-state index >= 15 is 0 Å². The minimum absolute atomic E-state index is 0.116. The van der Waals surface area contributed by atoms with E-state index in [-0.39, 0.29) is 16.7 Å². The first kappa shape index (κ1) is 22.4. The fourth-order valence-corrected chi connectivity index (χ4v) is 5.99. The van der Waals surface area contributed by atoms with Gasteiger partial charge in [0.1, 0.15) is 12.4 Å². The maximum Gasteiger partial charge on any atom is 0.337 e. The molecule has 3 aromatic rings. The van der Waals surface area contributed by atoms with Crippen molar-refractivity contribution in [2.45, 2.75) is 16.8 Å². The number of benzene rings is 3. The van der Waals surface area contributed by atoms with Crippen molar-refractivity contribution in [3.8, 4) is 5.75 Å². The Labute approximate surface area is 192 Å². The molecule has 1 atom stereocenters. The summed E-state index contributed by atoms with van der Waals surface area (Å²) in [6.07, 6.45) is 0. The molecule has 3 aromatic carbocycles. The molecule has 8 heteroatoms. The molecule has 1 aliphatic heterocycles. The summed E-state index contributed by atoms with van der Waals surface area (Å²) in [5, 5.41) is -0.116. The van der Waals surface area contributed by atoms with E-state index in [1.54, 1.807) is 48.2 Å². The molecular formula is C24H23NO5S2. The molecule has 0 fully saturated rings. The van der Waals surface area contributed by atoms with Gasteiger partial charge in [-0.25, -0.2) is 17.9 Å². The van der Waals surface area contributed by atoms with E-state index in [1.165, 1.54) is 7.11 Å². The number of carbonyl (C=O) groups excluding carboxylic acids is 1. The Morgan fingerprint density at radius 2 is 1.81 bits per heavy atom. The minimum Gasteiger partial charge on any atom is -0.489 e. The fourth-order valence-electron chi connectivity index (χ4n) is 3.58. The quantitative estimate of drug-likeness (QED) is 0.413. The summed E-state index contributed by atoms with van der Waals surface area (Å²) in [6, 6.07) is 21.6. The van der Waals surface area contributed by atoms with E-state index in [9.17, 15) is 13.2 Å². The second-order valence-electron chi connectivity index (χ2n) is 7.19. The van der Waals surface area contributed by atoms with Gasteiger partial charge in [-0.1, -0.05) is 42.5 Å². The van der Waals surface area contributed by atoms with E-state index in [2.05, 4.69) is 4.72 Å². The summed E-state index contributed by atoms with van der Waals surface area (Å²) in [7, 11) is -2.20. The van der Waals surface area contributed by atoms with Crippen LogP contribution in [0.25, 0.3) is 0 Å². The zero-order valence-corrected chi connectivity index (χ0v) is 19.1. The molecule has 1 heterocycles. The van der Waals surface area contributed by atoms with Gasteiger partial charge in [-0.3, -0.25) is 0 Å². The minimum atomic E-state index is -3.56. The van der Waals surface area contributed by atoms with Crippen molar-refractivity contribution in [1.82, 2.24) is 4.72 Å². The highest BCUT2D eigenvalue weighted by molar-refractivity contribution is 7.99. The van der Waals surface area contributed by atoms with Crippen molar-refractivity contribution < 1.29 is 22.7 Å². The van der Waals surface area contributed by atoms with Gasteiger partial charge >= 0.3 is 5.97 Å². The van der Waals surface area contributed by atoms with Crippen molar-refractivity contribution in [2.75, 3.05) is 19.4 Å². The predicted octanol–water partition coefficient (Wildman–Crippen LogP) is 4.17. The Balaban J connectivity index is 1.56. The van der Waals surface area contributed by atoms with Gasteiger partial charge in [0.05, 0.1) is 22.8 Å². The molecule has 0 spiro atoms. The van der Waals surface area contributed by atoms with Crippen LogP contribution in [0, 0.1) is 0 Å². The molecule has 0 bridgehead atoms. The number of carbonyl (C=O) groups is 1. The lowest BCUT2D eigenvalue weighted by atomic mass is 9.97.